The second-order valence-corrected chi connectivity index (χ2v) is 5.21. The molecule has 0 radical (unpaired) electrons. The molecule has 3 nitrogen and oxygen atoms in total. The number of hydrogen-bond acceptors (Lipinski definition) is 2. The Morgan fingerprint density at radius 2 is 1.89 bits per heavy atom. The molecule has 0 spiro atoms. The van der Waals surface area contributed by atoms with Crippen molar-refractivity contribution in [2.24, 2.45) is 5.92 Å². The van der Waals surface area contributed by atoms with Crippen LogP contribution in [0.15, 0.2) is 48.8 Å². The average Bonchev–Trinajstić information content (AvgIpc) is 3.01. The molecule has 100 valence electrons. The lowest BCUT2D eigenvalue weighted by molar-refractivity contribution is 0.390. The summed E-state index contributed by atoms with van der Waals surface area (Å²) in [5.74, 6) is 0.802. The number of rotatable bonds is 4. The number of anilines is 1. The number of benzene rings is 1. The molecular formula is C16H21N3. The van der Waals surface area contributed by atoms with E-state index in [4.69, 9.17) is 0 Å². The summed E-state index contributed by atoms with van der Waals surface area (Å²) in [6, 6.07) is 12.7. The lowest BCUT2D eigenvalue weighted by Crippen LogP contribution is -2.31. The highest BCUT2D eigenvalue weighted by Crippen LogP contribution is 2.17. The van der Waals surface area contributed by atoms with E-state index < -0.39 is 0 Å². The van der Waals surface area contributed by atoms with E-state index in [1.165, 1.54) is 24.2 Å². The summed E-state index contributed by atoms with van der Waals surface area (Å²) in [4.78, 5) is 0. The largest absolute Gasteiger partial charge is 0.385 e. The third-order valence-electron chi connectivity index (χ3n) is 3.80. The minimum atomic E-state index is 0.802. The molecule has 1 saturated heterocycles. The first-order valence-electron chi connectivity index (χ1n) is 7.10. The highest BCUT2D eigenvalue weighted by Gasteiger charge is 2.12. The predicted molar refractivity (Wildman–Crippen MR) is 79.9 cm³/mol. The smallest absolute Gasteiger partial charge is 0.0469 e. The van der Waals surface area contributed by atoms with Crippen LogP contribution in [0.3, 0.4) is 0 Å². The summed E-state index contributed by atoms with van der Waals surface area (Å²) in [5, 5.41) is 6.99. The first-order valence-corrected chi connectivity index (χ1v) is 7.10. The van der Waals surface area contributed by atoms with Gasteiger partial charge in [-0.2, -0.15) is 0 Å². The first-order chi connectivity index (χ1) is 9.42. The topological polar surface area (TPSA) is 29.0 Å². The van der Waals surface area contributed by atoms with E-state index >= 15 is 0 Å². The molecule has 0 amide bonds. The highest BCUT2D eigenvalue weighted by atomic mass is 15.0. The molecule has 2 aromatic rings. The van der Waals surface area contributed by atoms with Gasteiger partial charge in [0.25, 0.3) is 0 Å². The number of aromatic nitrogens is 1. The van der Waals surface area contributed by atoms with Crippen molar-refractivity contribution in [3.8, 4) is 5.69 Å². The maximum absolute atomic E-state index is 3.58. The van der Waals surface area contributed by atoms with E-state index in [1.807, 2.05) is 0 Å². The Morgan fingerprint density at radius 1 is 1.11 bits per heavy atom. The van der Waals surface area contributed by atoms with Gasteiger partial charge >= 0.3 is 0 Å². The Kier molecular flexibility index (Phi) is 3.84. The third-order valence-corrected chi connectivity index (χ3v) is 3.80. The Bertz CT molecular complexity index is 498. The van der Waals surface area contributed by atoms with Gasteiger partial charge in [-0.1, -0.05) is 6.07 Å². The van der Waals surface area contributed by atoms with Gasteiger partial charge in [-0.25, -0.2) is 0 Å². The van der Waals surface area contributed by atoms with Gasteiger partial charge < -0.3 is 15.2 Å². The monoisotopic (exact) mass is 255 g/mol. The standard InChI is InChI=1S/C16H21N3/c1-2-11-19(10-1)16-5-3-4-15(12-16)18-13-14-6-8-17-9-7-14/h1-5,10-12,14,17-18H,6-9,13H2. The second-order valence-electron chi connectivity index (χ2n) is 5.21. The van der Waals surface area contributed by atoms with E-state index in [1.54, 1.807) is 0 Å². The van der Waals surface area contributed by atoms with Crippen LogP contribution in [-0.4, -0.2) is 24.2 Å². The fourth-order valence-corrected chi connectivity index (χ4v) is 2.63. The molecule has 1 aliphatic heterocycles. The Balaban J connectivity index is 1.63. The molecule has 0 aliphatic carbocycles. The summed E-state index contributed by atoms with van der Waals surface area (Å²) < 4.78 is 2.13. The molecule has 3 rings (SSSR count). The fourth-order valence-electron chi connectivity index (χ4n) is 2.63. The summed E-state index contributed by atoms with van der Waals surface area (Å²) in [7, 11) is 0. The quantitative estimate of drug-likeness (QED) is 0.879. The van der Waals surface area contributed by atoms with Crippen molar-refractivity contribution in [1.29, 1.82) is 0 Å². The fraction of sp³-hybridized carbons (Fsp3) is 0.375. The highest BCUT2D eigenvalue weighted by molar-refractivity contribution is 5.51. The van der Waals surface area contributed by atoms with Crippen LogP contribution in [0.1, 0.15) is 12.8 Å². The molecule has 2 N–H and O–H groups in total. The van der Waals surface area contributed by atoms with Crippen LogP contribution in [0.25, 0.3) is 5.69 Å². The van der Waals surface area contributed by atoms with Gasteiger partial charge in [0.15, 0.2) is 0 Å². The molecule has 1 fully saturated rings. The van der Waals surface area contributed by atoms with Crippen molar-refractivity contribution in [3.05, 3.63) is 48.8 Å². The molecule has 0 atom stereocenters. The van der Waals surface area contributed by atoms with Gasteiger partial charge in [-0.3, -0.25) is 0 Å². The molecule has 3 heteroatoms. The zero-order chi connectivity index (χ0) is 12.9. The number of hydrogen-bond donors (Lipinski definition) is 2. The first kappa shape index (κ1) is 12.3. The van der Waals surface area contributed by atoms with Crippen LogP contribution in [-0.2, 0) is 0 Å². The molecule has 1 aliphatic rings. The van der Waals surface area contributed by atoms with E-state index in [9.17, 15) is 0 Å². The Labute approximate surface area is 114 Å². The maximum Gasteiger partial charge on any atom is 0.0469 e. The summed E-state index contributed by atoms with van der Waals surface area (Å²) >= 11 is 0. The summed E-state index contributed by atoms with van der Waals surface area (Å²) in [6.45, 7) is 3.41. The minimum Gasteiger partial charge on any atom is -0.385 e. The van der Waals surface area contributed by atoms with E-state index in [-0.39, 0.29) is 0 Å². The zero-order valence-electron chi connectivity index (χ0n) is 11.2. The zero-order valence-corrected chi connectivity index (χ0v) is 11.2. The van der Waals surface area contributed by atoms with Crippen molar-refractivity contribution < 1.29 is 0 Å². The van der Waals surface area contributed by atoms with Crippen LogP contribution in [0.4, 0.5) is 5.69 Å². The predicted octanol–water partition coefficient (Wildman–Crippen LogP) is 2.89. The van der Waals surface area contributed by atoms with Crippen molar-refractivity contribution in [2.45, 2.75) is 12.8 Å². The van der Waals surface area contributed by atoms with E-state index in [0.717, 1.165) is 25.6 Å². The van der Waals surface area contributed by atoms with Gasteiger partial charge in [0, 0.05) is 30.3 Å². The SMILES string of the molecule is c1cc(NCC2CCNCC2)cc(-n2cccc2)c1. The molecule has 0 bridgehead atoms. The van der Waals surface area contributed by atoms with Crippen LogP contribution < -0.4 is 10.6 Å². The second kappa shape index (κ2) is 5.93. The lowest BCUT2D eigenvalue weighted by Gasteiger charge is -2.23. The van der Waals surface area contributed by atoms with Gasteiger partial charge in [0.2, 0.25) is 0 Å². The van der Waals surface area contributed by atoms with Crippen molar-refractivity contribution in [2.75, 3.05) is 25.0 Å². The normalized spacial score (nSPS) is 16.4. The molecule has 19 heavy (non-hydrogen) atoms. The number of nitrogens with one attached hydrogen (secondary N) is 2. The van der Waals surface area contributed by atoms with Gasteiger partial charge in [-0.15, -0.1) is 0 Å². The molecular weight excluding hydrogens is 234 g/mol. The van der Waals surface area contributed by atoms with Crippen molar-refractivity contribution in [1.82, 2.24) is 9.88 Å². The maximum atomic E-state index is 3.58. The molecule has 0 unspecified atom stereocenters. The molecule has 0 saturated carbocycles. The van der Waals surface area contributed by atoms with Crippen LogP contribution in [0.5, 0.6) is 0 Å². The number of nitrogens with zero attached hydrogens (tertiary/aromatic N) is 1. The Hall–Kier alpha value is -1.74. The number of piperidine rings is 1. The van der Waals surface area contributed by atoms with E-state index in [2.05, 4.69) is 64.0 Å². The van der Waals surface area contributed by atoms with Gasteiger partial charge in [0.1, 0.15) is 0 Å². The third kappa shape index (κ3) is 3.18. The molecule has 1 aromatic carbocycles. The molecule has 2 heterocycles. The van der Waals surface area contributed by atoms with E-state index in [0.29, 0.717) is 0 Å². The van der Waals surface area contributed by atoms with Crippen LogP contribution in [0, 0.1) is 5.92 Å². The Morgan fingerprint density at radius 3 is 2.68 bits per heavy atom. The average molecular weight is 255 g/mol. The van der Waals surface area contributed by atoms with Crippen LogP contribution >= 0.6 is 0 Å². The minimum absolute atomic E-state index is 0.802. The van der Waals surface area contributed by atoms with Gasteiger partial charge in [0.05, 0.1) is 0 Å². The summed E-state index contributed by atoms with van der Waals surface area (Å²) in [6.07, 6.45) is 6.71. The van der Waals surface area contributed by atoms with Crippen molar-refractivity contribution >= 4 is 5.69 Å². The lowest BCUT2D eigenvalue weighted by atomic mass is 9.98. The molecule has 1 aromatic heterocycles. The van der Waals surface area contributed by atoms with Crippen LogP contribution in [0.2, 0.25) is 0 Å². The van der Waals surface area contributed by atoms with Crippen molar-refractivity contribution in [3.63, 3.8) is 0 Å². The summed E-state index contributed by atoms with van der Waals surface area (Å²) in [5.41, 5.74) is 2.42. The van der Waals surface area contributed by atoms with Gasteiger partial charge in [-0.05, 0) is 62.2 Å².